The molecular formula is C43H27BN2S. The SMILES string of the molecule is c1ccc(-c2cc3c4c5c2c2ccccc2n5-c2ccccc2B4N(c2ccccc2)c2c-3ccc3c2-c2ccccc2SC3)cc1. The van der Waals surface area contributed by atoms with Gasteiger partial charge in [0.2, 0.25) is 0 Å². The molecule has 4 heteroatoms. The van der Waals surface area contributed by atoms with Crippen LogP contribution < -0.4 is 15.7 Å². The molecule has 0 saturated carbocycles. The zero-order valence-electron chi connectivity index (χ0n) is 25.5. The first-order chi connectivity index (χ1) is 23.4. The van der Waals surface area contributed by atoms with E-state index < -0.39 is 0 Å². The number of hydrogen-bond acceptors (Lipinski definition) is 2. The molecule has 218 valence electrons. The highest BCUT2D eigenvalue weighted by Crippen LogP contribution is 2.54. The molecule has 4 heterocycles. The fraction of sp³-hybridized carbons (Fsp3) is 0.0233. The summed E-state index contributed by atoms with van der Waals surface area (Å²) in [7, 11) is 0. The third-order valence-corrected chi connectivity index (χ3v) is 11.6. The van der Waals surface area contributed by atoms with Crippen molar-refractivity contribution in [1.29, 1.82) is 0 Å². The highest BCUT2D eigenvalue weighted by molar-refractivity contribution is 7.98. The van der Waals surface area contributed by atoms with Crippen LogP contribution in [0.1, 0.15) is 5.56 Å². The summed E-state index contributed by atoms with van der Waals surface area (Å²) in [4.78, 5) is 4.03. The lowest BCUT2D eigenvalue weighted by Crippen LogP contribution is -2.60. The molecule has 1 aromatic heterocycles. The summed E-state index contributed by atoms with van der Waals surface area (Å²) in [5.41, 5.74) is 18.4. The summed E-state index contributed by atoms with van der Waals surface area (Å²) in [6, 6.07) is 56.5. The number of hydrogen-bond donors (Lipinski definition) is 0. The first-order valence-corrected chi connectivity index (χ1v) is 17.3. The van der Waals surface area contributed by atoms with Crippen molar-refractivity contribution in [2.75, 3.05) is 4.81 Å². The van der Waals surface area contributed by atoms with Crippen molar-refractivity contribution in [3.05, 3.63) is 157 Å². The fourth-order valence-electron chi connectivity index (χ4n) is 8.60. The smallest absolute Gasteiger partial charge is 0.333 e. The number of para-hydroxylation sites is 3. The Hall–Kier alpha value is -5.45. The average molecular weight is 615 g/mol. The van der Waals surface area contributed by atoms with Crippen LogP contribution in [-0.2, 0) is 5.75 Å². The minimum absolute atomic E-state index is 0.00785. The van der Waals surface area contributed by atoms with Crippen LogP contribution >= 0.6 is 11.8 Å². The van der Waals surface area contributed by atoms with Gasteiger partial charge >= 0.3 is 6.85 Å². The third kappa shape index (κ3) is 3.38. The van der Waals surface area contributed by atoms with E-state index in [2.05, 4.69) is 161 Å². The van der Waals surface area contributed by atoms with E-state index in [-0.39, 0.29) is 6.85 Å². The van der Waals surface area contributed by atoms with E-state index in [9.17, 15) is 0 Å². The van der Waals surface area contributed by atoms with Crippen LogP contribution in [0.15, 0.2) is 157 Å². The Morgan fingerprint density at radius 1 is 0.596 bits per heavy atom. The minimum atomic E-state index is 0.00785. The van der Waals surface area contributed by atoms with Gasteiger partial charge in [-0.25, -0.2) is 0 Å². The zero-order chi connectivity index (χ0) is 30.6. The summed E-state index contributed by atoms with van der Waals surface area (Å²) in [6.45, 7) is 0.00785. The predicted octanol–water partition coefficient (Wildman–Crippen LogP) is 9.96. The third-order valence-electron chi connectivity index (χ3n) is 10.4. The standard InChI is InChI=1S/C43H27BN2S/c1-3-13-27(14-4-1)33-25-34-30-24-23-28-26-47-38-22-12-8-18-32(38)39(28)42(30)46(29-15-5-2-6-16-29)44-35-19-9-11-21-37(35)45-36-20-10-7-17-31(36)40(33)43(45)41(34)44/h1-25H,26H2. The van der Waals surface area contributed by atoms with Crippen molar-refractivity contribution in [1.82, 2.24) is 4.57 Å². The summed E-state index contributed by atoms with van der Waals surface area (Å²) < 4.78 is 2.56. The molecule has 3 aliphatic rings. The molecule has 0 aliphatic carbocycles. The molecular weight excluding hydrogens is 587 g/mol. The molecule has 0 fully saturated rings. The highest BCUT2D eigenvalue weighted by atomic mass is 32.2. The van der Waals surface area contributed by atoms with Crippen molar-refractivity contribution in [2.24, 2.45) is 0 Å². The lowest BCUT2D eigenvalue weighted by atomic mass is 9.43. The second kappa shape index (κ2) is 9.54. The van der Waals surface area contributed by atoms with E-state index in [1.54, 1.807) is 0 Å². The normalized spacial score (nSPS) is 13.7. The quantitative estimate of drug-likeness (QED) is 0.179. The van der Waals surface area contributed by atoms with Gasteiger partial charge in [0.05, 0.1) is 11.0 Å². The molecule has 0 radical (unpaired) electrons. The molecule has 0 atom stereocenters. The molecule has 0 bridgehead atoms. The van der Waals surface area contributed by atoms with Gasteiger partial charge < -0.3 is 9.38 Å². The summed E-state index contributed by atoms with van der Waals surface area (Å²) in [5.74, 6) is 0.971. The molecule has 0 unspecified atom stereocenters. The second-order valence-electron chi connectivity index (χ2n) is 12.8. The number of fused-ring (bicyclic) bond motifs is 12. The lowest BCUT2D eigenvalue weighted by Gasteiger charge is -2.44. The molecule has 3 aliphatic heterocycles. The van der Waals surface area contributed by atoms with Crippen LogP contribution in [0.25, 0.3) is 60.9 Å². The zero-order valence-corrected chi connectivity index (χ0v) is 26.3. The van der Waals surface area contributed by atoms with Gasteiger partial charge in [-0.15, -0.1) is 11.8 Å². The number of nitrogens with zero attached hydrogens (tertiary/aromatic N) is 2. The molecule has 2 nitrogen and oxygen atoms in total. The van der Waals surface area contributed by atoms with Crippen molar-refractivity contribution in [2.45, 2.75) is 10.6 Å². The molecule has 0 N–H and O–H groups in total. The van der Waals surface area contributed by atoms with E-state index in [0.717, 1.165) is 5.75 Å². The van der Waals surface area contributed by atoms with Gasteiger partial charge in [-0.05, 0) is 75.1 Å². The first-order valence-electron chi connectivity index (χ1n) is 16.3. The molecule has 11 rings (SSSR count). The van der Waals surface area contributed by atoms with Gasteiger partial charge in [0.1, 0.15) is 0 Å². The summed E-state index contributed by atoms with van der Waals surface area (Å²) in [6.07, 6.45) is 0. The van der Waals surface area contributed by atoms with Crippen molar-refractivity contribution in [3.63, 3.8) is 0 Å². The number of aromatic nitrogens is 1. The minimum Gasteiger partial charge on any atom is -0.376 e. The fourth-order valence-corrected chi connectivity index (χ4v) is 9.65. The Balaban J connectivity index is 1.39. The maximum atomic E-state index is 2.67. The predicted molar refractivity (Wildman–Crippen MR) is 200 cm³/mol. The number of anilines is 2. The van der Waals surface area contributed by atoms with Gasteiger partial charge in [0.25, 0.3) is 0 Å². The Labute approximate surface area is 278 Å². The molecule has 47 heavy (non-hydrogen) atoms. The Kier molecular flexibility index (Phi) is 5.22. The monoisotopic (exact) mass is 614 g/mol. The van der Waals surface area contributed by atoms with Gasteiger partial charge in [-0.2, -0.15) is 0 Å². The average Bonchev–Trinajstić information content (AvgIpc) is 3.50. The van der Waals surface area contributed by atoms with E-state index in [1.165, 1.54) is 93.6 Å². The van der Waals surface area contributed by atoms with Crippen LogP contribution in [0, 0.1) is 0 Å². The van der Waals surface area contributed by atoms with Crippen LogP contribution in [-0.4, -0.2) is 11.4 Å². The van der Waals surface area contributed by atoms with Crippen molar-refractivity contribution in [3.8, 4) is 39.1 Å². The van der Waals surface area contributed by atoms with Gasteiger partial charge in [-0.3, -0.25) is 0 Å². The van der Waals surface area contributed by atoms with E-state index >= 15 is 0 Å². The molecule has 0 spiro atoms. The van der Waals surface area contributed by atoms with Crippen LogP contribution in [0.5, 0.6) is 0 Å². The maximum Gasteiger partial charge on any atom is 0.333 e. The summed E-state index contributed by atoms with van der Waals surface area (Å²) in [5, 5.41) is 2.63. The number of rotatable bonds is 2. The van der Waals surface area contributed by atoms with Gasteiger partial charge in [-0.1, -0.05) is 115 Å². The van der Waals surface area contributed by atoms with Gasteiger partial charge in [0.15, 0.2) is 0 Å². The topological polar surface area (TPSA) is 8.17 Å². The van der Waals surface area contributed by atoms with Crippen molar-refractivity contribution >= 4 is 62.7 Å². The van der Waals surface area contributed by atoms with E-state index in [4.69, 9.17) is 0 Å². The second-order valence-corrected chi connectivity index (χ2v) is 13.8. The van der Waals surface area contributed by atoms with Crippen LogP contribution in [0.4, 0.5) is 11.4 Å². The Morgan fingerprint density at radius 3 is 2.23 bits per heavy atom. The Bertz CT molecular complexity index is 2590. The van der Waals surface area contributed by atoms with E-state index in [0.29, 0.717) is 0 Å². The highest BCUT2D eigenvalue weighted by Gasteiger charge is 2.45. The van der Waals surface area contributed by atoms with Gasteiger partial charge in [0, 0.05) is 49.6 Å². The van der Waals surface area contributed by atoms with Crippen molar-refractivity contribution < 1.29 is 0 Å². The summed E-state index contributed by atoms with van der Waals surface area (Å²) >= 11 is 1.95. The molecule has 7 aromatic carbocycles. The largest absolute Gasteiger partial charge is 0.376 e. The number of benzene rings is 7. The first kappa shape index (κ1) is 25.7. The number of thioether (sulfide) groups is 1. The van der Waals surface area contributed by atoms with E-state index in [1.807, 2.05) is 11.8 Å². The van der Waals surface area contributed by atoms with Crippen LogP contribution in [0.2, 0.25) is 0 Å². The molecule has 8 aromatic rings. The molecule has 0 saturated heterocycles. The Morgan fingerprint density at radius 2 is 1.34 bits per heavy atom. The lowest BCUT2D eigenvalue weighted by molar-refractivity contribution is 1.18. The van der Waals surface area contributed by atoms with Crippen LogP contribution in [0.3, 0.4) is 0 Å². The maximum absolute atomic E-state index is 2.67. The molecule has 0 amide bonds.